The lowest BCUT2D eigenvalue weighted by Crippen LogP contribution is -2.29. The van der Waals surface area contributed by atoms with E-state index in [1.165, 1.54) is 0 Å². The van der Waals surface area contributed by atoms with E-state index in [-0.39, 0.29) is 0 Å². The molecule has 0 N–H and O–H groups in total. The number of alkyl halides is 3. The van der Waals surface area contributed by atoms with Gasteiger partial charge in [0.25, 0.3) is 0 Å². The molecule has 0 aliphatic carbocycles. The van der Waals surface area contributed by atoms with Crippen molar-refractivity contribution in [3.8, 4) is 0 Å². The largest absolute Gasteiger partial charge is 0.421 e. The number of rotatable bonds is 2. The van der Waals surface area contributed by atoms with Gasteiger partial charge in [0.15, 0.2) is 0 Å². The van der Waals surface area contributed by atoms with Crippen molar-refractivity contribution in [2.45, 2.75) is 12.0 Å². The van der Waals surface area contributed by atoms with Crippen LogP contribution in [0.5, 0.6) is 0 Å². The maximum Gasteiger partial charge on any atom is 0.421 e. The fourth-order valence-electron chi connectivity index (χ4n) is 0.740. The summed E-state index contributed by atoms with van der Waals surface area (Å²) in [5.41, 5.74) is 0. The van der Waals surface area contributed by atoms with Gasteiger partial charge in [-0.05, 0) is 13.3 Å². The van der Waals surface area contributed by atoms with Crippen LogP contribution >= 0.6 is 7.14 Å². The number of hydrogen-bond donors (Lipinski definition) is 0. The Morgan fingerprint density at radius 3 is 1.73 bits per heavy atom. The van der Waals surface area contributed by atoms with Crippen LogP contribution in [0.2, 0.25) is 0 Å². The maximum atomic E-state index is 11.9. The molecule has 0 aromatic carbocycles. The maximum absolute atomic E-state index is 11.9. The number of halogens is 3. The molecule has 0 aliphatic heterocycles. The molecule has 0 aromatic heterocycles. The molecule has 0 saturated heterocycles. The number of hydrogen-bond acceptors (Lipinski definition) is 2. The first-order valence-corrected chi connectivity index (χ1v) is 5.51. The molecule has 0 saturated carbocycles. The summed E-state index contributed by atoms with van der Waals surface area (Å²) in [6.45, 7) is 2.10. The van der Waals surface area contributed by atoms with Crippen molar-refractivity contribution in [2.75, 3.05) is 20.4 Å². The summed E-state index contributed by atoms with van der Waals surface area (Å²) in [6, 6.07) is 0. The minimum Gasteiger partial charge on any atom is -0.365 e. The Labute approximate surface area is 63.1 Å². The van der Waals surface area contributed by atoms with Gasteiger partial charge in [-0.3, -0.25) is 0 Å². The van der Waals surface area contributed by atoms with Crippen molar-refractivity contribution in [3.63, 3.8) is 0 Å². The first-order valence-electron chi connectivity index (χ1n) is 2.83. The average molecular weight is 190 g/mol. The Balaban J connectivity index is 4.57. The second-order valence-corrected chi connectivity index (χ2v) is 5.90. The van der Waals surface area contributed by atoms with Crippen LogP contribution in [0.1, 0.15) is 0 Å². The monoisotopic (exact) mass is 190 g/mol. The highest BCUT2D eigenvalue weighted by atomic mass is 31.2. The van der Waals surface area contributed by atoms with Crippen LogP contribution in [-0.2, 0) is 9.30 Å². The lowest BCUT2D eigenvalue weighted by atomic mass is 10.7. The Bertz CT molecular complexity index is 171. The highest BCUT2D eigenvalue weighted by molar-refractivity contribution is 7.63. The van der Waals surface area contributed by atoms with Crippen LogP contribution in [0.15, 0.2) is 0 Å². The zero-order chi connectivity index (χ0) is 9.28. The molecule has 0 radical (unpaired) electrons. The topological polar surface area (TPSA) is 26.3 Å². The van der Waals surface area contributed by atoms with Gasteiger partial charge in [-0.25, -0.2) is 0 Å². The Morgan fingerprint density at radius 2 is 1.73 bits per heavy atom. The zero-order valence-corrected chi connectivity index (χ0v) is 7.37. The SMILES string of the molecule is COC(C(F)(F)F)P(C)(C)=O. The molecule has 0 aliphatic rings. The van der Waals surface area contributed by atoms with Gasteiger partial charge in [0.1, 0.15) is 7.14 Å². The van der Waals surface area contributed by atoms with Crippen molar-refractivity contribution in [3.05, 3.63) is 0 Å². The average Bonchev–Trinajstić information content (AvgIpc) is 1.56. The van der Waals surface area contributed by atoms with Crippen LogP contribution in [0, 0.1) is 0 Å². The molecule has 0 spiro atoms. The minimum absolute atomic E-state index is 0.901. The highest BCUT2D eigenvalue weighted by Crippen LogP contribution is 2.50. The summed E-state index contributed by atoms with van der Waals surface area (Å²) in [6.07, 6.45) is -4.53. The van der Waals surface area contributed by atoms with Gasteiger partial charge in [0.05, 0.1) is 0 Å². The van der Waals surface area contributed by atoms with Gasteiger partial charge in [-0.15, -0.1) is 0 Å². The smallest absolute Gasteiger partial charge is 0.365 e. The number of methoxy groups -OCH3 is 1. The zero-order valence-electron chi connectivity index (χ0n) is 6.47. The molecule has 0 fully saturated rings. The fourth-order valence-corrected chi connectivity index (χ4v) is 1.95. The molecule has 11 heavy (non-hydrogen) atoms. The van der Waals surface area contributed by atoms with Crippen LogP contribution in [0.3, 0.4) is 0 Å². The Morgan fingerprint density at radius 1 is 1.36 bits per heavy atom. The minimum atomic E-state index is -4.53. The van der Waals surface area contributed by atoms with E-state index in [9.17, 15) is 17.7 Å². The summed E-state index contributed by atoms with van der Waals surface area (Å²) in [5.74, 6) is -2.13. The van der Waals surface area contributed by atoms with E-state index in [1.807, 2.05) is 0 Å². The second kappa shape index (κ2) is 3.15. The third-order valence-corrected chi connectivity index (χ3v) is 2.70. The molecule has 6 heteroatoms. The molecule has 68 valence electrons. The second-order valence-electron chi connectivity index (χ2n) is 2.56. The lowest BCUT2D eigenvalue weighted by Gasteiger charge is -2.21. The van der Waals surface area contributed by atoms with Gasteiger partial charge < -0.3 is 9.30 Å². The van der Waals surface area contributed by atoms with Gasteiger partial charge >= 0.3 is 6.18 Å². The molecule has 0 heterocycles. The third kappa shape index (κ3) is 3.25. The first-order chi connectivity index (χ1) is 4.69. The molecule has 0 aromatic rings. The molecular weight excluding hydrogens is 180 g/mol. The molecule has 1 unspecified atom stereocenters. The van der Waals surface area contributed by atoms with Crippen molar-refractivity contribution >= 4 is 7.14 Å². The fraction of sp³-hybridized carbons (Fsp3) is 1.00. The summed E-state index contributed by atoms with van der Waals surface area (Å²) in [5, 5.41) is 0. The van der Waals surface area contributed by atoms with Crippen molar-refractivity contribution in [2.24, 2.45) is 0 Å². The normalized spacial score (nSPS) is 16.5. The Kier molecular flexibility index (Phi) is 3.15. The van der Waals surface area contributed by atoms with Crippen molar-refractivity contribution in [1.29, 1.82) is 0 Å². The van der Waals surface area contributed by atoms with Gasteiger partial charge in [-0.2, -0.15) is 13.2 Å². The third-order valence-electron chi connectivity index (χ3n) is 1.07. The predicted octanol–water partition coefficient (Wildman–Crippen LogP) is 2.14. The van der Waals surface area contributed by atoms with Crippen molar-refractivity contribution in [1.82, 2.24) is 0 Å². The first kappa shape index (κ1) is 11.0. The summed E-state index contributed by atoms with van der Waals surface area (Å²) in [4.78, 5) is 0. The van der Waals surface area contributed by atoms with Crippen molar-refractivity contribution < 1.29 is 22.5 Å². The van der Waals surface area contributed by atoms with Crippen LogP contribution in [0.25, 0.3) is 0 Å². The summed E-state index contributed by atoms with van der Waals surface area (Å²) >= 11 is 0. The standard InChI is InChI=1S/C5H10F3O2P/c1-10-4(5(6,7)8)11(2,3)9/h4H,1-3H3. The van der Waals surface area contributed by atoms with E-state index < -0.39 is 19.2 Å². The van der Waals surface area contributed by atoms with Crippen LogP contribution in [-0.4, -0.2) is 32.5 Å². The van der Waals surface area contributed by atoms with Gasteiger partial charge in [0, 0.05) is 7.11 Å². The number of ether oxygens (including phenoxy) is 1. The molecule has 0 bridgehead atoms. The van der Waals surface area contributed by atoms with Gasteiger partial charge in [-0.1, -0.05) is 0 Å². The van der Waals surface area contributed by atoms with E-state index in [1.54, 1.807) is 0 Å². The van der Waals surface area contributed by atoms with E-state index in [4.69, 9.17) is 0 Å². The predicted molar refractivity (Wildman–Crippen MR) is 36.3 cm³/mol. The van der Waals surface area contributed by atoms with E-state index in [2.05, 4.69) is 4.74 Å². The van der Waals surface area contributed by atoms with E-state index in [0.717, 1.165) is 20.4 Å². The molecule has 2 nitrogen and oxygen atoms in total. The molecule has 0 rings (SSSR count). The molecular formula is C5H10F3O2P. The van der Waals surface area contributed by atoms with E-state index >= 15 is 0 Å². The van der Waals surface area contributed by atoms with Gasteiger partial charge in [0.2, 0.25) is 5.85 Å². The Hall–Kier alpha value is -0.0200. The van der Waals surface area contributed by atoms with Crippen LogP contribution < -0.4 is 0 Å². The highest BCUT2D eigenvalue weighted by Gasteiger charge is 2.47. The van der Waals surface area contributed by atoms with E-state index in [0.29, 0.717) is 0 Å². The van der Waals surface area contributed by atoms with Crippen LogP contribution in [0.4, 0.5) is 13.2 Å². The lowest BCUT2D eigenvalue weighted by molar-refractivity contribution is -0.184. The molecule has 0 amide bonds. The summed E-state index contributed by atoms with van der Waals surface area (Å²) in [7, 11) is -2.34. The summed E-state index contributed by atoms with van der Waals surface area (Å²) < 4.78 is 50.8. The quantitative estimate of drug-likeness (QED) is 0.623. The molecule has 1 atom stereocenters.